The van der Waals surface area contributed by atoms with Gasteiger partial charge in [0.15, 0.2) is 0 Å². The van der Waals surface area contributed by atoms with Crippen LogP contribution in [0.15, 0.2) is 24.3 Å². The number of hydrogen-bond donors (Lipinski definition) is 1. The van der Waals surface area contributed by atoms with Gasteiger partial charge in [0.1, 0.15) is 11.8 Å². The molecule has 0 spiro atoms. The van der Waals surface area contributed by atoms with Gasteiger partial charge >= 0.3 is 0 Å². The summed E-state index contributed by atoms with van der Waals surface area (Å²) in [5, 5.41) is 11.8. The molecule has 4 heteroatoms. The average molecular weight is 246 g/mol. The van der Waals surface area contributed by atoms with Crippen LogP contribution in [0.4, 0.5) is 0 Å². The Bertz CT molecular complexity index is 420. The van der Waals surface area contributed by atoms with Crippen LogP contribution in [0.1, 0.15) is 38.3 Å². The first-order chi connectivity index (χ1) is 8.71. The van der Waals surface area contributed by atoms with Crippen molar-refractivity contribution >= 4 is 5.91 Å². The summed E-state index contributed by atoms with van der Waals surface area (Å²) in [6.07, 6.45) is 1.21. The number of amides is 1. The van der Waals surface area contributed by atoms with E-state index in [1.807, 2.05) is 13.8 Å². The fraction of sp³-hybridized carbons (Fsp3) is 0.429. The minimum Gasteiger partial charge on any atom is -0.494 e. The first-order valence-corrected chi connectivity index (χ1v) is 6.13. The number of rotatable bonds is 6. The van der Waals surface area contributed by atoms with E-state index in [2.05, 4.69) is 11.4 Å². The number of ether oxygens (including phenoxy) is 1. The number of benzene rings is 1. The molecular weight excluding hydrogens is 228 g/mol. The Morgan fingerprint density at radius 1 is 1.39 bits per heavy atom. The first-order valence-electron chi connectivity index (χ1n) is 6.13. The molecule has 0 heterocycles. The van der Waals surface area contributed by atoms with E-state index >= 15 is 0 Å². The molecule has 0 aromatic heterocycles. The summed E-state index contributed by atoms with van der Waals surface area (Å²) < 4.78 is 5.32. The van der Waals surface area contributed by atoms with Gasteiger partial charge in [0, 0.05) is 6.42 Å². The molecule has 1 N–H and O–H groups in total. The van der Waals surface area contributed by atoms with Crippen molar-refractivity contribution < 1.29 is 9.53 Å². The Morgan fingerprint density at radius 2 is 2.06 bits per heavy atom. The van der Waals surface area contributed by atoms with Gasteiger partial charge in [-0.3, -0.25) is 4.79 Å². The number of nitrogens with zero attached hydrogens (tertiary/aromatic N) is 1. The number of carbonyl (C=O) groups is 1. The highest BCUT2D eigenvalue weighted by atomic mass is 16.5. The van der Waals surface area contributed by atoms with Gasteiger partial charge in [0.25, 0.3) is 0 Å². The van der Waals surface area contributed by atoms with Crippen LogP contribution in [0.5, 0.6) is 5.75 Å². The highest BCUT2D eigenvalue weighted by Crippen LogP contribution is 2.17. The van der Waals surface area contributed by atoms with Crippen molar-refractivity contribution in [2.45, 2.75) is 32.7 Å². The normalized spacial score (nSPS) is 11.4. The molecular formula is C14H18N2O2. The number of carbonyl (C=O) groups excluding carboxylic acids is 1. The Kier molecular flexibility index (Phi) is 5.72. The van der Waals surface area contributed by atoms with Gasteiger partial charge in [-0.05, 0) is 31.0 Å². The van der Waals surface area contributed by atoms with Crippen molar-refractivity contribution in [3.63, 3.8) is 0 Å². The lowest BCUT2D eigenvalue weighted by molar-refractivity contribution is -0.121. The van der Waals surface area contributed by atoms with Crippen LogP contribution in [0, 0.1) is 11.3 Å². The quantitative estimate of drug-likeness (QED) is 0.839. The largest absolute Gasteiger partial charge is 0.494 e. The van der Waals surface area contributed by atoms with E-state index in [0.717, 1.165) is 17.7 Å². The molecule has 0 radical (unpaired) electrons. The van der Waals surface area contributed by atoms with Crippen molar-refractivity contribution in [2.24, 2.45) is 0 Å². The van der Waals surface area contributed by atoms with Crippen LogP contribution in [0.2, 0.25) is 0 Å². The second kappa shape index (κ2) is 7.33. The van der Waals surface area contributed by atoms with Gasteiger partial charge in [-0.15, -0.1) is 0 Å². The lowest BCUT2D eigenvalue weighted by atomic mass is 10.1. The van der Waals surface area contributed by atoms with Gasteiger partial charge in [0.05, 0.1) is 12.7 Å². The first kappa shape index (κ1) is 14.0. The Morgan fingerprint density at radius 3 is 2.56 bits per heavy atom. The summed E-state index contributed by atoms with van der Waals surface area (Å²) in [7, 11) is 0. The molecule has 18 heavy (non-hydrogen) atoms. The molecule has 0 fully saturated rings. The number of nitriles is 1. The fourth-order valence-corrected chi connectivity index (χ4v) is 1.57. The molecule has 1 aromatic rings. The van der Waals surface area contributed by atoms with Crippen molar-refractivity contribution in [3.05, 3.63) is 29.8 Å². The van der Waals surface area contributed by atoms with Crippen molar-refractivity contribution in [1.29, 1.82) is 5.26 Å². The van der Waals surface area contributed by atoms with Crippen LogP contribution < -0.4 is 10.1 Å². The van der Waals surface area contributed by atoms with E-state index in [1.54, 1.807) is 24.3 Å². The molecule has 1 rings (SSSR count). The van der Waals surface area contributed by atoms with Gasteiger partial charge in [-0.1, -0.05) is 19.1 Å². The predicted molar refractivity (Wildman–Crippen MR) is 69.0 cm³/mol. The third kappa shape index (κ3) is 4.10. The summed E-state index contributed by atoms with van der Waals surface area (Å²) in [4.78, 5) is 11.5. The molecule has 0 saturated heterocycles. The smallest absolute Gasteiger partial charge is 0.221 e. The molecule has 0 bridgehead atoms. The Balaban J connectivity index is 2.70. The Labute approximate surface area is 108 Å². The van der Waals surface area contributed by atoms with E-state index < -0.39 is 6.04 Å². The standard InChI is InChI=1S/C14H18N2O2/c1-3-5-14(17)16-13(10-15)11-6-8-12(9-7-11)18-4-2/h6-9,13H,3-5H2,1-2H3,(H,16,17). The molecule has 4 nitrogen and oxygen atoms in total. The minimum atomic E-state index is -0.597. The van der Waals surface area contributed by atoms with Gasteiger partial charge in [0.2, 0.25) is 5.91 Å². The summed E-state index contributed by atoms with van der Waals surface area (Å²) in [6.45, 7) is 4.45. The molecule has 0 saturated carbocycles. The summed E-state index contributed by atoms with van der Waals surface area (Å²) >= 11 is 0. The SMILES string of the molecule is CCCC(=O)NC(C#N)c1ccc(OCC)cc1. The molecule has 1 amide bonds. The summed E-state index contributed by atoms with van der Waals surface area (Å²) in [5.41, 5.74) is 0.769. The minimum absolute atomic E-state index is 0.0991. The third-order valence-electron chi connectivity index (χ3n) is 2.44. The van der Waals surface area contributed by atoms with Gasteiger partial charge < -0.3 is 10.1 Å². The maximum absolute atomic E-state index is 11.5. The molecule has 1 atom stereocenters. The van der Waals surface area contributed by atoms with Gasteiger partial charge in [-0.25, -0.2) is 0 Å². The lowest BCUT2D eigenvalue weighted by Crippen LogP contribution is -2.27. The third-order valence-corrected chi connectivity index (χ3v) is 2.44. The van der Waals surface area contributed by atoms with Gasteiger partial charge in [-0.2, -0.15) is 5.26 Å². The van der Waals surface area contributed by atoms with Crippen molar-refractivity contribution in [1.82, 2.24) is 5.32 Å². The topological polar surface area (TPSA) is 62.1 Å². The summed E-state index contributed by atoms with van der Waals surface area (Å²) in [5.74, 6) is 0.663. The fourth-order valence-electron chi connectivity index (χ4n) is 1.57. The number of hydrogen-bond acceptors (Lipinski definition) is 3. The zero-order valence-electron chi connectivity index (χ0n) is 10.8. The second-order valence-electron chi connectivity index (χ2n) is 3.88. The zero-order chi connectivity index (χ0) is 13.4. The van der Waals surface area contributed by atoms with Crippen molar-refractivity contribution in [2.75, 3.05) is 6.61 Å². The Hall–Kier alpha value is -2.02. The molecule has 0 aliphatic heterocycles. The van der Waals surface area contributed by atoms with Crippen LogP contribution in [0.25, 0.3) is 0 Å². The van der Waals surface area contributed by atoms with Crippen LogP contribution in [0.3, 0.4) is 0 Å². The molecule has 1 unspecified atom stereocenters. The van der Waals surface area contributed by atoms with Crippen LogP contribution in [-0.2, 0) is 4.79 Å². The predicted octanol–water partition coefficient (Wildman–Crippen LogP) is 2.57. The van der Waals surface area contributed by atoms with Crippen molar-refractivity contribution in [3.8, 4) is 11.8 Å². The van der Waals surface area contributed by atoms with E-state index in [0.29, 0.717) is 13.0 Å². The molecule has 96 valence electrons. The maximum atomic E-state index is 11.5. The van der Waals surface area contributed by atoms with Crippen LogP contribution >= 0.6 is 0 Å². The van der Waals surface area contributed by atoms with E-state index in [-0.39, 0.29) is 5.91 Å². The second-order valence-corrected chi connectivity index (χ2v) is 3.88. The van der Waals surface area contributed by atoms with E-state index in [4.69, 9.17) is 10.00 Å². The lowest BCUT2D eigenvalue weighted by Gasteiger charge is -2.12. The monoisotopic (exact) mass is 246 g/mol. The zero-order valence-corrected chi connectivity index (χ0v) is 10.8. The highest BCUT2D eigenvalue weighted by Gasteiger charge is 2.13. The highest BCUT2D eigenvalue weighted by molar-refractivity contribution is 5.76. The van der Waals surface area contributed by atoms with E-state index in [9.17, 15) is 4.79 Å². The van der Waals surface area contributed by atoms with Crippen LogP contribution in [-0.4, -0.2) is 12.5 Å². The number of nitrogens with one attached hydrogen (secondary N) is 1. The molecule has 0 aliphatic rings. The average Bonchev–Trinajstić information content (AvgIpc) is 2.38. The van der Waals surface area contributed by atoms with E-state index in [1.165, 1.54) is 0 Å². The summed E-state index contributed by atoms with van der Waals surface area (Å²) in [6, 6.07) is 8.68. The molecule has 1 aromatic carbocycles. The maximum Gasteiger partial charge on any atom is 0.221 e. The molecule has 0 aliphatic carbocycles.